The van der Waals surface area contributed by atoms with Crippen LogP contribution in [0.5, 0.6) is 11.5 Å². The number of benzene rings is 2. The Morgan fingerprint density at radius 3 is 2.00 bits per heavy atom. The van der Waals surface area contributed by atoms with E-state index >= 15 is 0 Å². The fourth-order valence-corrected chi connectivity index (χ4v) is 2.63. The van der Waals surface area contributed by atoms with Gasteiger partial charge in [-0.2, -0.15) is 8.42 Å². The van der Waals surface area contributed by atoms with Gasteiger partial charge in [-0.3, -0.25) is 4.55 Å². The van der Waals surface area contributed by atoms with Gasteiger partial charge in [-0.05, 0) is 50.1 Å². The Bertz CT molecular complexity index is 748. The molecule has 4 nitrogen and oxygen atoms in total. The highest BCUT2D eigenvalue weighted by Gasteiger charge is 2.18. The average molecular weight is 292 g/mol. The summed E-state index contributed by atoms with van der Waals surface area (Å²) in [5.41, 5.74) is 2.71. The second-order valence-electron chi connectivity index (χ2n) is 4.80. The van der Waals surface area contributed by atoms with Gasteiger partial charge in [-0.15, -0.1) is 0 Å². The van der Waals surface area contributed by atoms with E-state index in [1.807, 2.05) is 26.0 Å². The molecule has 0 aliphatic heterocycles. The summed E-state index contributed by atoms with van der Waals surface area (Å²) in [4.78, 5) is -0.225. The van der Waals surface area contributed by atoms with Crippen LogP contribution >= 0.6 is 0 Å². The first-order valence-corrected chi connectivity index (χ1v) is 7.54. The Morgan fingerprint density at radius 1 is 0.900 bits per heavy atom. The molecule has 0 aromatic heterocycles. The first-order valence-electron chi connectivity index (χ1n) is 6.10. The monoisotopic (exact) mass is 292 g/mol. The van der Waals surface area contributed by atoms with Crippen LogP contribution in [0.4, 0.5) is 0 Å². The largest absolute Gasteiger partial charge is 0.456 e. The number of hydrogen-bond acceptors (Lipinski definition) is 3. The highest BCUT2D eigenvalue weighted by Crippen LogP contribution is 2.31. The summed E-state index contributed by atoms with van der Waals surface area (Å²) in [7, 11) is -4.32. The molecule has 0 radical (unpaired) electrons. The normalized spacial score (nSPS) is 11.4. The molecular weight excluding hydrogens is 276 g/mol. The zero-order valence-corrected chi connectivity index (χ0v) is 12.4. The number of hydrogen-bond donors (Lipinski definition) is 1. The van der Waals surface area contributed by atoms with Crippen LogP contribution in [0.1, 0.15) is 16.7 Å². The summed E-state index contributed by atoms with van der Waals surface area (Å²) in [5, 5.41) is 0. The third-order valence-corrected chi connectivity index (χ3v) is 3.80. The van der Waals surface area contributed by atoms with Crippen LogP contribution in [0.15, 0.2) is 41.3 Å². The third kappa shape index (κ3) is 3.18. The molecule has 0 heterocycles. The van der Waals surface area contributed by atoms with Crippen LogP contribution in [0.2, 0.25) is 0 Å². The zero-order valence-electron chi connectivity index (χ0n) is 11.5. The zero-order chi connectivity index (χ0) is 14.9. The summed E-state index contributed by atoms with van der Waals surface area (Å²) < 4.78 is 37.7. The third-order valence-electron chi connectivity index (χ3n) is 2.93. The standard InChI is InChI=1S/C15H16O4S/c1-10-4-6-13(12(3)8-10)19-14-7-5-11(2)9-15(14)20(16,17)18/h4-9H,1-3H3,(H,16,17,18). The number of aryl methyl sites for hydroxylation is 3. The summed E-state index contributed by atoms with van der Waals surface area (Å²) >= 11 is 0. The molecule has 5 heteroatoms. The summed E-state index contributed by atoms with van der Waals surface area (Å²) in [6, 6.07) is 10.2. The van der Waals surface area contributed by atoms with Crippen molar-refractivity contribution in [3.63, 3.8) is 0 Å². The fraction of sp³-hybridized carbons (Fsp3) is 0.200. The maximum Gasteiger partial charge on any atom is 0.298 e. The molecule has 0 unspecified atom stereocenters. The minimum Gasteiger partial charge on any atom is -0.456 e. The molecule has 0 amide bonds. The molecule has 20 heavy (non-hydrogen) atoms. The van der Waals surface area contributed by atoms with Crippen LogP contribution in [0.25, 0.3) is 0 Å². The van der Waals surface area contributed by atoms with E-state index in [0.717, 1.165) is 16.7 Å². The lowest BCUT2D eigenvalue weighted by Gasteiger charge is -2.12. The van der Waals surface area contributed by atoms with Gasteiger partial charge in [0.1, 0.15) is 16.4 Å². The lowest BCUT2D eigenvalue weighted by Crippen LogP contribution is -2.02. The van der Waals surface area contributed by atoms with Crippen LogP contribution < -0.4 is 4.74 Å². The lowest BCUT2D eigenvalue weighted by atomic mass is 10.1. The Balaban J connectivity index is 2.49. The van der Waals surface area contributed by atoms with Crippen molar-refractivity contribution in [2.45, 2.75) is 25.7 Å². The SMILES string of the molecule is Cc1ccc(Oc2ccc(C)cc2S(=O)(=O)O)c(C)c1. The van der Waals surface area contributed by atoms with Gasteiger partial charge in [-0.1, -0.05) is 23.8 Å². The van der Waals surface area contributed by atoms with E-state index in [4.69, 9.17) is 4.74 Å². The Labute approximate surface area is 118 Å². The molecule has 0 saturated carbocycles. The minimum absolute atomic E-state index is 0.116. The highest BCUT2D eigenvalue weighted by atomic mass is 32.2. The van der Waals surface area contributed by atoms with Gasteiger partial charge in [0, 0.05) is 0 Å². The first-order chi connectivity index (χ1) is 9.27. The molecule has 0 spiro atoms. The van der Waals surface area contributed by atoms with Gasteiger partial charge in [0.05, 0.1) is 0 Å². The molecule has 0 bridgehead atoms. The Hall–Kier alpha value is -1.85. The van der Waals surface area contributed by atoms with Gasteiger partial charge < -0.3 is 4.74 Å². The molecule has 1 N–H and O–H groups in total. The average Bonchev–Trinajstić information content (AvgIpc) is 2.33. The predicted octanol–water partition coefficient (Wildman–Crippen LogP) is 3.65. The Morgan fingerprint density at radius 2 is 1.45 bits per heavy atom. The molecule has 2 rings (SSSR count). The number of ether oxygens (including phenoxy) is 1. The van der Waals surface area contributed by atoms with Crippen molar-refractivity contribution < 1.29 is 17.7 Å². The van der Waals surface area contributed by atoms with Crippen molar-refractivity contribution in [2.24, 2.45) is 0 Å². The predicted molar refractivity (Wildman–Crippen MR) is 77.0 cm³/mol. The number of rotatable bonds is 3. The first kappa shape index (κ1) is 14.6. The maximum absolute atomic E-state index is 11.4. The quantitative estimate of drug-likeness (QED) is 0.877. The van der Waals surface area contributed by atoms with E-state index in [1.165, 1.54) is 12.1 Å². The Kier molecular flexibility index (Phi) is 3.83. The van der Waals surface area contributed by atoms with Crippen molar-refractivity contribution in [3.8, 4) is 11.5 Å². The molecule has 0 atom stereocenters. The van der Waals surface area contributed by atoms with E-state index in [9.17, 15) is 13.0 Å². The maximum atomic E-state index is 11.4. The molecule has 0 aliphatic carbocycles. The fourth-order valence-electron chi connectivity index (χ4n) is 1.93. The molecule has 2 aromatic carbocycles. The summed E-state index contributed by atoms with van der Waals surface area (Å²) in [5.74, 6) is 0.675. The smallest absolute Gasteiger partial charge is 0.298 e. The van der Waals surface area contributed by atoms with E-state index in [-0.39, 0.29) is 10.6 Å². The van der Waals surface area contributed by atoms with E-state index in [2.05, 4.69) is 0 Å². The topological polar surface area (TPSA) is 63.6 Å². The van der Waals surface area contributed by atoms with E-state index < -0.39 is 10.1 Å². The van der Waals surface area contributed by atoms with Gasteiger partial charge in [-0.25, -0.2) is 0 Å². The van der Waals surface area contributed by atoms with Crippen LogP contribution in [-0.2, 0) is 10.1 Å². The van der Waals surface area contributed by atoms with E-state index in [1.54, 1.807) is 19.1 Å². The van der Waals surface area contributed by atoms with Gasteiger partial charge in [0.2, 0.25) is 0 Å². The minimum atomic E-state index is -4.32. The van der Waals surface area contributed by atoms with Crippen LogP contribution in [0.3, 0.4) is 0 Å². The van der Waals surface area contributed by atoms with Crippen molar-refractivity contribution in [3.05, 3.63) is 53.1 Å². The lowest BCUT2D eigenvalue weighted by molar-refractivity contribution is 0.447. The molecular formula is C15H16O4S. The van der Waals surface area contributed by atoms with Gasteiger partial charge >= 0.3 is 0 Å². The molecule has 0 aliphatic rings. The van der Waals surface area contributed by atoms with Crippen molar-refractivity contribution in [1.29, 1.82) is 0 Å². The second-order valence-corrected chi connectivity index (χ2v) is 6.19. The molecule has 106 valence electrons. The van der Waals surface area contributed by atoms with Crippen molar-refractivity contribution >= 4 is 10.1 Å². The van der Waals surface area contributed by atoms with E-state index in [0.29, 0.717) is 5.75 Å². The van der Waals surface area contributed by atoms with Crippen LogP contribution in [-0.4, -0.2) is 13.0 Å². The van der Waals surface area contributed by atoms with Gasteiger partial charge in [0.25, 0.3) is 10.1 Å². The molecule has 0 saturated heterocycles. The molecule has 2 aromatic rings. The second kappa shape index (κ2) is 5.26. The summed E-state index contributed by atoms with van der Waals surface area (Å²) in [6.07, 6.45) is 0. The van der Waals surface area contributed by atoms with Crippen molar-refractivity contribution in [2.75, 3.05) is 0 Å². The van der Waals surface area contributed by atoms with Gasteiger partial charge in [0.15, 0.2) is 0 Å². The highest BCUT2D eigenvalue weighted by molar-refractivity contribution is 7.86. The van der Waals surface area contributed by atoms with Crippen molar-refractivity contribution in [1.82, 2.24) is 0 Å². The molecule has 0 fully saturated rings. The van der Waals surface area contributed by atoms with Crippen LogP contribution in [0, 0.1) is 20.8 Å². The summed E-state index contributed by atoms with van der Waals surface area (Å²) in [6.45, 7) is 5.59.